The van der Waals surface area contributed by atoms with Gasteiger partial charge in [0.15, 0.2) is 5.78 Å². The molecule has 0 radical (unpaired) electrons. The fourth-order valence-electron chi connectivity index (χ4n) is 3.91. The number of carbonyl (C=O) groups is 1. The van der Waals surface area contributed by atoms with Gasteiger partial charge in [-0.2, -0.15) is 0 Å². The number of Topliss-reactive ketones (excluding diaryl/α,β-unsaturated/α-hetero) is 1. The molecule has 0 spiro atoms. The fourth-order valence-corrected chi connectivity index (χ4v) is 3.91. The Balaban J connectivity index is -0.000000294. The van der Waals surface area contributed by atoms with Crippen molar-refractivity contribution >= 4 is 28.6 Å². The van der Waals surface area contributed by atoms with Crippen molar-refractivity contribution in [3.05, 3.63) is 179 Å². The van der Waals surface area contributed by atoms with Crippen molar-refractivity contribution < 1.29 is 4.79 Å². The maximum atomic E-state index is 10.6. The lowest BCUT2D eigenvalue weighted by Crippen LogP contribution is -1.91. The molecule has 0 aliphatic rings. The molecule has 9 heteroatoms. The van der Waals surface area contributed by atoms with Gasteiger partial charge in [-0.1, -0.05) is 152 Å². The van der Waals surface area contributed by atoms with E-state index in [9.17, 15) is 4.79 Å². The van der Waals surface area contributed by atoms with Crippen LogP contribution in [0.2, 0.25) is 0 Å². The monoisotopic (exact) mass is 777 g/mol. The summed E-state index contributed by atoms with van der Waals surface area (Å²) in [5.41, 5.74) is 27.9. The molecule has 0 fully saturated rings. The van der Waals surface area contributed by atoms with E-state index in [2.05, 4.69) is 91.4 Å². The molecule has 0 amide bonds. The summed E-state index contributed by atoms with van der Waals surface area (Å²) in [6, 6.07) is 49.9. The maximum Gasteiger partial charge on any atom is 0.159 e. The number of rotatable bonds is 5. The van der Waals surface area contributed by atoms with Crippen LogP contribution in [0.15, 0.2) is 172 Å². The topological polar surface area (TPSA) is 171 Å². The van der Waals surface area contributed by atoms with Gasteiger partial charge in [0.2, 0.25) is 0 Å². The third-order valence-corrected chi connectivity index (χ3v) is 7.29. The first-order valence-corrected chi connectivity index (χ1v) is 18.5. The first kappa shape index (κ1) is 58.0. The second kappa shape index (κ2) is 43.0. The SMILES string of the molecule is CC(=O)c1ccccc1.CN.CN.CN.CN.CN=C(C)c1ccccc1.CN=C(C)c1ccccc1.CN=C(C)c1ccccc1.CN=C(C)c1ccccc1. The van der Waals surface area contributed by atoms with E-state index in [1.54, 1.807) is 6.92 Å². The number of benzene rings is 5. The first-order valence-electron chi connectivity index (χ1n) is 18.5. The molecule has 0 heterocycles. The number of hydrogen-bond acceptors (Lipinski definition) is 9. The molecule has 310 valence electrons. The van der Waals surface area contributed by atoms with Crippen LogP contribution in [0.3, 0.4) is 0 Å². The predicted molar refractivity (Wildman–Crippen MR) is 255 cm³/mol. The molecule has 5 aromatic rings. The highest BCUT2D eigenvalue weighted by molar-refractivity contribution is 6.00. The van der Waals surface area contributed by atoms with E-state index >= 15 is 0 Å². The largest absolute Gasteiger partial charge is 0.333 e. The van der Waals surface area contributed by atoms with Gasteiger partial charge in [0.05, 0.1) is 0 Å². The van der Waals surface area contributed by atoms with Crippen molar-refractivity contribution in [2.24, 2.45) is 42.9 Å². The molecule has 0 saturated carbocycles. The average Bonchev–Trinajstić information content (AvgIpc) is 3.32. The molecule has 0 bridgehead atoms. The molecule has 0 unspecified atom stereocenters. The lowest BCUT2D eigenvalue weighted by Gasteiger charge is -1.95. The molecule has 0 aliphatic heterocycles. The predicted octanol–water partition coefficient (Wildman–Crippen LogP) is 8.69. The summed E-state index contributed by atoms with van der Waals surface area (Å²) in [6.07, 6.45) is 0. The third kappa shape index (κ3) is 30.2. The number of hydrogen-bond donors (Lipinski definition) is 4. The van der Waals surface area contributed by atoms with Crippen LogP contribution in [0.5, 0.6) is 0 Å². The van der Waals surface area contributed by atoms with Gasteiger partial charge in [-0.3, -0.25) is 24.8 Å². The van der Waals surface area contributed by atoms with Crippen LogP contribution in [0.4, 0.5) is 0 Å². The van der Waals surface area contributed by atoms with Gasteiger partial charge >= 0.3 is 0 Å². The molecule has 9 nitrogen and oxygen atoms in total. The lowest BCUT2D eigenvalue weighted by molar-refractivity contribution is 0.101. The van der Waals surface area contributed by atoms with Crippen LogP contribution in [0.25, 0.3) is 0 Å². The zero-order valence-corrected chi connectivity index (χ0v) is 36.9. The van der Waals surface area contributed by atoms with Gasteiger partial charge in [-0.15, -0.1) is 0 Å². The quantitative estimate of drug-likeness (QED) is 0.103. The molecule has 5 aromatic carbocycles. The van der Waals surface area contributed by atoms with E-state index < -0.39 is 0 Å². The zero-order valence-electron chi connectivity index (χ0n) is 36.9. The summed E-state index contributed by atoms with van der Waals surface area (Å²) in [5, 5.41) is 0. The number of nitrogens with zero attached hydrogens (tertiary/aromatic N) is 4. The van der Waals surface area contributed by atoms with E-state index in [0.717, 1.165) is 28.4 Å². The van der Waals surface area contributed by atoms with Crippen molar-refractivity contribution in [2.75, 3.05) is 56.4 Å². The molecule has 5 rings (SSSR count). The van der Waals surface area contributed by atoms with Crippen molar-refractivity contribution in [3.8, 4) is 0 Å². The van der Waals surface area contributed by atoms with Gasteiger partial charge in [-0.25, -0.2) is 0 Å². The summed E-state index contributed by atoms with van der Waals surface area (Å²) >= 11 is 0. The molecule has 57 heavy (non-hydrogen) atoms. The van der Waals surface area contributed by atoms with Crippen LogP contribution < -0.4 is 22.9 Å². The number of carbonyl (C=O) groups excluding carboxylic acids is 1. The van der Waals surface area contributed by atoms with Gasteiger partial charge < -0.3 is 22.9 Å². The van der Waals surface area contributed by atoms with Crippen LogP contribution in [0, 0.1) is 0 Å². The highest BCUT2D eigenvalue weighted by Crippen LogP contribution is 2.02. The standard InChI is InChI=1S/4C9H11N.C8H8O.4CH5N/c4*1-8(10-2)9-6-4-3-5-7-9;1-7(9)8-5-3-2-4-6-8;4*1-2/h4*3-7H,1-2H3;2-6H,1H3;4*2H2,1H3. The summed E-state index contributed by atoms with van der Waals surface area (Å²) in [6.45, 7) is 9.60. The molecule has 0 aliphatic carbocycles. The Bertz CT molecular complexity index is 1510. The van der Waals surface area contributed by atoms with Gasteiger partial charge in [0.25, 0.3) is 0 Å². The molecule has 0 saturated heterocycles. The molecular formula is C48H72N8O. The second-order valence-electron chi connectivity index (χ2n) is 10.6. The number of aliphatic imine (C=N–C) groups is 4. The molecule has 8 N–H and O–H groups in total. The highest BCUT2D eigenvalue weighted by Gasteiger charge is 1.94. The summed E-state index contributed by atoms with van der Waals surface area (Å²) in [5.74, 6) is 0.121. The molecule has 0 atom stereocenters. The fraction of sp³-hybridized carbons (Fsp3) is 0.271. The molecular weight excluding hydrogens is 705 g/mol. The van der Waals surface area contributed by atoms with E-state index in [0.29, 0.717) is 0 Å². The van der Waals surface area contributed by atoms with Crippen molar-refractivity contribution in [1.82, 2.24) is 0 Å². The Morgan fingerprint density at radius 3 is 0.544 bits per heavy atom. The minimum atomic E-state index is 0.121. The normalized spacial score (nSPS) is 9.98. The maximum absolute atomic E-state index is 10.6. The summed E-state index contributed by atoms with van der Waals surface area (Å²) in [7, 11) is 13.2. The van der Waals surface area contributed by atoms with Crippen LogP contribution in [-0.4, -0.2) is 85.0 Å². The Labute approximate surface area is 345 Å². The van der Waals surface area contributed by atoms with Crippen molar-refractivity contribution in [1.29, 1.82) is 0 Å². The third-order valence-electron chi connectivity index (χ3n) is 7.29. The highest BCUT2D eigenvalue weighted by atomic mass is 16.1. The van der Waals surface area contributed by atoms with Gasteiger partial charge in [0.1, 0.15) is 0 Å². The van der Waals surface area contributed by atoms with Crippen molar-refractivity contribution in [3.63, 3.8) is 0 Å². The van der Waals surface area contributed by atoms with Crippen LogP contribution in [-0.2, 0) is 0 Å². The van der Waals surface area contributed by atoms with Gasteiger partial charge in [0, 0.05) is 56.6 Å². The minimum Gasteiger partial charge on any atom is -0.333 e. The van der Waals surface area contributed by atoms with E-state index in [1.165, 1.54) is 50.4 Å². The average molecular weight is 777 g/mol. The summed E-state index contributed by atoms with van der Waals surface area (Å²) in [4.78, 5) is 26.9. The van der Waals surface area contributed by atoms with Crippen LogP contribution in [0.1, 0.15) is 67.2 Å². The minimum absolute atomic E-state index is 0.121. The number of nitrogens with two attached hydrogens (primary N) is 4. The Morgan fingerprint density at radius 2 is 0.439 bits per heavy atom. The number of ketones is 1. The lowest BCUT2D eigenvalue weighted by atomic mass is 10.1. The molecule has 0 aromatic heterocycles. The Hall–Kier alpha value is -5.71. The summed E-state index contributed by atoms with van der Waals surface area (Å²) < 4.78 is 0. The first-order chi connectivity index (χ1) is 27.7. The van der Waals surface area contributed by atoms with E-state index in [4.69, 9.17) is 0 Å². The van der Waals surface area contributed by atoms with Gasteiger partial charge in [-0.05, 0) is 85.1 Å². The van der Waals surface area contributed by atoms with Crippen LogP contribution >= 0.6 is 0 Å². The Morgan fingerprint density at radius 1 is 0.298 bits per heavy atom. The van der Waals surface area contributed by atoms with E-state index in [-0.39, 0.29) is 5.78 Å². The Kier molecular flexibility index (Phi) is 43.8. The zero-order chi connectivity index (χ0) is 44.3. The smallest absolute Gasteiger partial charge is 0.159 e. The van der Waals surface area contributed by atoms with E-state index in [1.807, 2.05) is 159 Å². The second-order valence-corrected chi connectivity index (χ2v) is 10.6. The van der Waals surface area contributed by atoms with Crippen molar-refractivity contribution in [2.45, 2.75) is 34.6 Å².